The minimum Gasteiger partial charge on any atom is -0.508 e. The molecule has 1 aliphatic rings. The van der Waals surface area contributed by atoms with Gasteiger partial charge in [0, 0.05) is 6.42 Å². The number of carbonyl (C=O) groups is 1. The van der Waals surface area contributed by atoms with Crippen LogP contribution in [0.2, 0.25) is 0 Å². The number of hydrogen-bond donors (Lipinski definition) is 2. The van der Waals surface area contributed by atoms with Crippen molar-refractivity contribution in [2.45, 2.75) is 12.1 Å². The van der Waals surface area contributed by atoms with Crippen LogP contribution in [0, 0.1) is 0 Å². The molecule has 1 unspecified atom stereocenters. The zero-order valence-electron chi connectivity index (χ0n) is 8.93. The smallest absolute Gasteiger partial charge is 0.345 e. The minimum absolute atomic E-state index is 0.152. The van der Waals surface area contributed by atoms with E-state index in [1.807, 2.05) is 0 Å². The fourth-order valence-electron chi connectivity index (χ4n) is 1.64. The molecule has 0 spiro atoms. The fraction of sp³-hybridized carbons (Fsp3) is 0.154. The van der Waals surface area contributed by atoms with E-state index < -0.39 is 11.6 Å². The van der Waals surface area contributed by atoms with Crippen LogP contribution in [-0.2, 0) is 4.79 Å². The highest BCUT2D eigenvalue weighted by Gasteiger charge is 2.36. The van der Waals surface area contributed by atoms with Crippen molar-refractivity contribution in [1.29, 1.82) is 0 Å². The minimum atomic E-state index is -2.31. The molecule has 4 heteroatoms. The van der Waals surface area contributed by atoms with E-state index in [1.54, 1.807) is 18.2 Å². The monoisotopic (exact) mass is 234 g/mol. The van der Waals surface area contributed by atoms with Crippen LogP contribution in [0.4, 0.5) is 4.39 Å². The Labute approximate surface area is 97.5 Å². The van der Waals surface area contributed by atoms with E-state index in [4.69, 9.17) is 10.2 Å². The number of alkyl halides is 1. The molecule has 0 saturated heterocycles. The van der Waals surface area contributed by atoms with Crippen LogP contribution >= 0.6 is 0 Å². The van der Waals surface area contributed by atoms with Crippen LogP contribution in [-0.4, -0.2) is 21.9 Å². The van der Waals surface area contributed by atoms with Crippen molar-refractivity contribution in [2.24, 2.45) is 0 Å². The highest BCUT2D eigenvalue weighted by atomic mass is 19.1. The Kier molecular flexibility index (Phi) is 2.71. The van der Waals surface area contributed by atoms with Crippen LogP contribution in [0.1, 0.15) is 12.0 Å². The van der Waals surface area contributed by atoms with Crippen LogP contribution in [0.3, 0.4) is 0 Å². The molecular formula is C13H11FO3. The summed E-state index contributed by atoms with van der Waals surface area (Å²) in [6.45, 7) is 0. The summed E-state index contributed by atoms with van der Waals surface area (Å²) in [7, 11) is 0. The summed E-state index contributed by atoms with van der Waals surface area (Å²) in [4.78, 5) is 10.7. The first-order chi connectivity index (χ1) is 8.01. The molecule has 88 valence electrons. The van der Waals surface area contributed by atoms with Crippen LogP contribution in [0.25, 0.3) is 5.57 Å². The number of rotatable bonds is 2. The number of allylic oxidation sites excluding steroid dienone is 3. The summed E-state index contributed by atoms with van der Waals surface area (Å²) < 4.78 is 13.7. The number of phenolic OH excluding ortho intramolecular Hbond substituents is 1. The number of carboxylic acid groups (broad SMARTS) is 1. The molecule has 0 bridgehead atoms. The maximum atomic E-state index is 13.7. The van der Waals surface area contributed by atoms with Crippen molar-refractivity contribution < 1.29 is 19.4 Å². The molecule has 17 heavy (non-hydrogen) atoms. The lowest BCUT2D eigenvalue weighted by atomic mass is 9.91. The van der Waals surface area contributed by atoms with Crippen molar-refractivity contribution in [3.63, 3.8) is 0 Å². The Hall–Kier alpha value is -2.10. The van der Waals surface area contributed by atoms with Gasteiger partial charge in [0.25, 0.3) is 0 Å². The molecule has 1 aromatic rings. The molecule has 0 aliphatic heterocycles. The van der Waals surface area contributed by atoms with E-state index >= 15 is 0 Å². The molecule has 0 saturated carbocycles. The van der Waals surface area contributed by atoms with E-state index in [2.05, 4.69) is 0 Å². The first kappa shape index (κ1) is 11.4. The molecule has 3 nitrogen and oxygen atoms in total. The Morgan fingerprint density at radius 1 is 1.29 bits per heavy atom. The molecule has 0 fully saturated rings. The summed E-state index contributed by atoms with van der Waals surface area (Å²) >= 11 is 0. The number of hydrogen-bond acceptors (Lipinski definition) is 2. The van der Waals surface area contributed by atoms with Crippen molar-refractivity contribution in [2.75, 3.05) is 0 Å². The van der Waals surface area contributed by atoms with E-state index in [-0.39, 0.29) is 12.2 Å². The first-order valence-corrected chi connectivity index (χ1v) is 5.12. The molecule has 1 atom stereocenters. The van der Waals surface area contributed by atoms with Gasteiger partial charge in [0.2, 0.25) is 5.67 Å². The molecule has 1 aliphatic carbocycles. The highest BCUT2D eigenvalue weighted by molar-refractivity contribution is 5.85. The normalized spacial score (nSPS) is 23.2. The summed E-state index contributed by atoms with van der Waals surface area (Å²) in [6, 6.07) is 6.44. The molecule has 0 heterocycles. The van der Waals surface area contributed by atoms with Gasteiger partial charge in [-0.05, 0) is 29.3 Å². The van der Waals surface area contributed by atoms with Crippen LogP contribution < -0.4 is 0 Å². The quantitative estimate of drug-likeness (QED) is 0.826. The Morgan fingerprint density at radius 3 is 2.41 bits per heavy atom. The van der Waals surface area contributed by atoms with Gasteiger partial charge < -0.3 is 10.2 Å². The van der Waals surface area contributed by atoms with Gasteiger partial charge in [-0.1, -0.05) is 24.3 Å². The number of benzene rings is 1. The Balaban J connectivity index is 2.23. The summed E-state index contributed by atoms with van der Waals surface area (Å²) in [6.07, 6.45) is 3.86. The van der Waals surface area contributed by atoms with Crippen molar-refractivity contribution >= 4 is 11.5 Å². The Morgan fingerprint density at radius 2 is 1.94 bits per heavy atom. The average molecular weight is 234 g/mol. The predicted octanol–water partition coefficient (Wildman–Crippen LogP) is 2.53. The molecule has 2 N–H and O–H groups in total. The lowest BCUT2D eigenvalue weighted by molar-refractivity contribution is -0.147. The van der Waals surface area contributed by atoms with Gasteiger partial charge in [0.15, 0.2) is 0 Å². The third-order valence-electron chi connectivity index (χ3n) is 2.70. The number of halogens is 1. The second kappa shape index (κ2) is 4.05. The van der Waals surface area contributed by atoms with Crippen molar-refractivity contribution in [3.8, 4) is 5.75 Å². The number of aromatic hydroxyl groups is 1. The van der Waals surface area contributed by atoms with Gasteiger partial charge in [0.05, 0.1) is 0 Å². The summed E-state index contributed by atoms with van der Waals surface area (Å²) in [5, 5.41) is 17.8. The standard InChI is InChI=1S/C13H11FO3/c14-13(12(16)17)7-5-10(6-8-13)9-1-3-11(15)4-2-9/h1-7,15H,8H2,(H,16,17). The predicted molar refractivity (Wildman–Crippen MR) is 61.3 cm³/mol. The molecular weight excluding hydrogens is 223 g/mol. The topological polar surface area (TPSA) is 57.5 Å². The molecule has 1 aromatic carbocycles. The van der Waals surface area contributed by atoms with Crippen molar-refractivity contribution in [1.82, 2.24) is 0 Å². The second-order valence-electron chi connectivity index (χ2n) is 3.91. The summed E-state index contributed by atoms with van der Waals surface area (Å²) in [5.74, 6) is -1.32. The van der Waals surface area contributed by atoms with E-state index in [9.17, 15) is 9.18 Å². The van der Waals surface area contributed by atoms with Crippen LogP contribution in [0.5, 0.6) is 5.75 Å². The van der Waals surface area contributed by atoms with Crippen LogP contribution in [0.15, 0.2) is 42.5 Å². The lowest BCUT2D eigenvalue weighted by Crippen LogP contribution is -2.31. The third kappa shape index (κ3) is 2.20. The van der Waals surface area contributed by atoms with E-state index in [0.29, 0.717) is 0 Å². The average Bonchev–Trinajstić information content (AvgIpc) is 2.31. The van der Waals surface area contributed by atoms with Gasteiger partial charge in [-0.2, -0.15) is 0 Å². The molecule has 0 aromatic heterocycles. The third-order valence-corrected chi connectivity index (χ3v) is 2.70. The zero-order chi connectivity index (χ0) is 12.5. The van der Waals surface area contributed by atoms with Gasteiger partial charge in [0.1, 0.15) is 5.75 Å². The zero-order valence-corrected chi connectivity index (χ0v) is 8.93. The maximum Gasteiger partial charge on any atom is 0.345 e. The SMILES string of the molecule is O=C(O)C1(F)C=CC(c2ccc(O)cc2)=CC1. The van der Waals surface area contributed by atoms with Gasteiger partial charge in [-0.3, -0.25) is 0 Å². The number of carboxylic acids is 1. The first-order valence-electron chi connectivity index (χ1n) is 5.12. The molecule has 0 radical (unpaired) electrons. The van der Waals surface area contributed by atoms with E-state index in [1.165, 1.54) is 18.2 Å². The largest absolute Gasteiger partial charge is 0.508 e. The maximum absolute atomic E-state index is 13.7. The van der Waals surface area contributed by atoms with E-state index in [0.717, 1.165) is 17.2 Å². The van der Waals surface area contributed by atoms with Gasteiger partial charge in [-0.15, -0.1) is 0 Å². The second-order valence-corrected chi connectivity index (χ2v) is 3.91. The number of aliphatic carboxylic acids is 1. The molecule has 0 amide bonds. The highest BCUT2D eigenvalue weighted by Crippen LogP contribution is 2.30. The van der Waals surface area contributed by atoms with Gasteiger partial charge in [-0.25, -0.2) is 9.18 Å². The molecule has 2 rings (SSSR count). The van der Waals surface area contributed by atoms with Crippen molar-refractivity contribution in [3.05, 3.63) is 48.1 Å². The Bertz CT molecular complexity index is 502. The lowest BCUT2D eigenvalue weighted by Gasteiger charge is -2.19. The summed E-state index contributed by atoms with van der Waals surface area (Å²) in [5.41, 5.74) is -0.744. The fourth-order valence-corrected chi connectivity index (χ4v) is 1.64. The van der Waals surface area contributed by atoms with Gasteiger partial charge >= 0.3 is 5.97 Å². The number of phenols is 1.